The zero-order valence-corrected chi connectivity index (χ0v) is 10.5. The second-order valence-corrected chi connectivity index (χ2v) is 4.43. The molecule has 0 aliphatic heterocycles. The standard InChI is InChI=1S/C14H11ClFNO/c1-9-6-11(16)3-2-10(9)7-14(18)12-4-5-17-8-13(12)15/h2-6,8H,7H2,1H3. The van der Waals surface area contributed by atoms with E-state index >= 15 is 0 Å². The van der Waals surface area contributed by atoms with E-state index in [1.54, 1.807) is 19.1 Å². The molecule has 0 bridgehead atoms. The summed E-state index contributed by atoms with van der Waals surface area (Å²) in [5, 5.41) is 0.335. The molecule has 18 heavy (non-hydrogen) atoms. The Kier molecular flexibility index (Phi) is 3.72. The third-order valence-corrected chi connectivity index (χ3v) is 3.03. The van der Waals surface area contributed by atoms with Crippen LogP contribution in [0.2, 0.25) is 5.02 Å². The molecule has 1 aromatic heterocycles. The van der Waals surface area contributed by atoms with Gasteiger partial charge in [-0.15, -0.1) is 0 Å². The Hall–Kier alpha value is -1.74. The molecule has 0 saturated carbocycles. The summed E-state index contributed by atoms with van der Waals surface area (Å²) in [5.41, 5.74) is 2.00. The minimum Gasteiger partial charge on any atom is -0.294 e. The highest BCUT2D eigenvalue weighted by atomic mass is 35.5. The predicted molar refractivity (Wildman–Crippen MR) is 68.4 cm³/mol. The molecular formula is C14H11ClFNO. The number of carbonyl (C=O) groups is 1. The molecule has 4 heteroatoms. The second kappa shape index (κ2) is 5.27. The summed E-state index contributed by atoms with van der Waals surface area (Å²) in [6, 6.07) is 5.97. The van der Waals surface area contributed by atoms with Crippen molar-refractivity contribution < 1.29 is 9.18 Å². The number of aromatic nitrogens is 1. The van der Waals surface area contributed by atoms with Gasteiger partial charge in [-0.25, -0.2) is 4.39 Å². The molecule has 0 spiro atoms. The van der Waals surface area contributed by atoms with Gasteiger partial charge in [-0.05, 0) is 36.2 Å². The molecule has 0 N–H and O–H groups in total. The maximum atomic E-state index is 13.0. The predicted octanol–water partition coefficient (Wildman–Crippen LogP) is 3.61. The fourth-order valence-electron chi connectivity index (χ4n) is 1.73. The molecule has 0 amide bonds. The maximum absolute atomic E-state index is 13.0. The average Bonchev–Trinajstić information content (AvgIpc) is 2.33. The highest BCUT2D eigenvalue weighted by Crippen LogP contribution is 2.18. The quantitative estimate of drug-likeness (QED) is 0.792. The first-order chi connectivity index (χ1) is 8.58. The third kappa shape index (κ3) is 2.74. The maximum Gasteiger partial charge on any atom is 0.168 e. The van der Waals surface area contributed by atoms with Gasteiger partial charge in [-0.3, -0.25) is 9.78 Å². The van der Waals surface area contributed by atoms with E-state index in [1.165, 1.54) is 24.5 Å². The van der Waals surface area contributed by atoms with Crippen LogP contribution >= 0.6 is 11.6 Å². The van der Waals surface area contributed by atoms with Crippen LogP contribution in [0.3, 0.4) is 0 Å². The average molecular weight is 264 g/mol. The smallest absolute Gasteiger partial charge is 0.168 e. The topological polar surface area (TPSA) is 30.0 Å². The van der Waals surface area contributed by atoms with Crippen molar-refractivity contribution in [1.29, 1.82) is 0 Å². The highest BCUT2D eigenvalue weighted by molar-refractivity contribution is 6.33. The lowest BCUT2D eigenvalue weighted by Gasteiger charge is -2.06. The summed E-state index contributed by atoms with van der Waals surface area (Å²) in [4.78, 5) is 15.9. The molecule has 2 aromatic rings. The lowest BCUT2D eigenvalue weighted by atomic mass is 10.00. The van der Waals surface area contributed by atoms with Crippen LogP contribution in [0.25, 0.3) is 0 Å². The lowest BCUT2D eigenvalue weighted by molar-refractivity contribution is 0.0993. The summed E-state index contributed by atoms with van der Waals surface area (Å²) in [6.45, 7) is 1.78. The summed E-state index contributed by atoms with van der Waals surface area (Å²) in [6.07, 6.45) is 3.17. The molecule has 0 aliphatic rings. The molecular weight excluding hydrogens is 253 g/mol. The van der Waals surface area contributed by atoms with Crippen LogP contribution in [-0.4, -0.2) is 10.8 Å². The van der Waals surface area contributed by atoms with Crippen LogP contribution in [0.1, 0.15) is 21.5 Å². The zero-order valence-electron chi connectivity index (χ0n) is 9.78. The molecule has 2 nitrogen and oxygen atoms in total. The van der Waals surface area contributed by atoms with Crippen molar-refractivity contribution in [1.82, 2.24) is 4.98 Å². The van der Waals surface area contributed by atoms with Crippen LogP contribution in [0.5, 0.6) is 0 Å². The van der Waals surface area contributed by atoms with E-state index in [1.807, 2.05) is 0 Å². The lowest BCUT2D eigenvalue weighted by Crippen LogP contribution is -2.06. The molecule has 1 heterocycles. The number of pyridine rings is 1. The number of Topliss-reactive ketones (excluding diaryl/α,β-unsaturated/α-hetero) is 1. The molecule has 0 saturated heterocycles. The van der Waals surface area contributed by atoms with Crippen molar-refractivity contribution in [2.45, 2.75) is 13.3 Å². The number of hydrogen-bond donors (Lipinski definition) is 0. The molecule has 0 aliphatic carbocycles. The zero-order chi connectivity index (χ0) is 13.1. The molecule has 0 atom stereocenters. The Morgan fingerprint density at radius 3 is 2.83 bits per heavy atom. The van der Waals surface area contributed by atoms with Gasteiger partial charge in [0.2, 0.25) is 0 Å². The highest BCUT2D eigenvalue weighted by Gasteiger charge is 2.12. The van der Waals surface area contributed by atoms with E-state index in [4.69, 9.17) is 11.6 Å². The van der Waals surface area contributed by atoms with Crippen LogP contribution in [-0.2, 0) is 6.42 Å². The van der Waals surface area contributed by atoms with E-state index in [0.29, 0.717) is 10.6 Å². The van der Waals surface area contributed by atoms with E-state index in [9.17, 15) is 9.18 Å². The van der Waals surface area contributed by atoms with E-state index in [-0.39, 0.29) is 18.0 Å². The number of ketones is 1. The van der Waals surface area contributed by atoms with Crippen molar-refractivity contribution >= 4 is 17.4 Å². The van der Waals surface area contributed by atoms with E-state index in [0.717, 1.165) is 11.1 Å². The van der Waals surface area contributed by atoms with Gasteiger partial charge in [0.05, 0.1) is 5.02 Å². The Labute approximate surface area is 109 Å². The fourth-order valence-corrected chi connectivity index (χ4v) is 1.95. The van der Waals surface area contributed by atoms with Crippen molar-refractivity contribution in [2.75, 3.05) is 0 Å². The fraction of sp³-hybridized carbons (Fsp3) is 0.143. The first-order valence-electron chi connectivity index (χ1n) is 5.45. The summed E-state index contributed by atoms with van der Waals surface area (Å²) < 4.78 is 13.0. The summed E-state index contributed by atoms with van der Waals surface area (Å²) in [5.74, 6) is -0.400. The van der Waals surface area contributed by atoms with Crippen molar-refractivity contribution in [3.05, 3.63) is 64.2 Å². The van der Waals surface area contributed by atoms with Crippen molar-refractivity contribution in [3.63, 3.8) is 0 Å². The number of rotatable bonds is 3. The van der Waals surface area contributed by atoms with Gasteiger partial charge in [-0.1, -0.05) is 17.7 Å². The van der Waals surface area contributed by atoms with Crippen LogP contribution < -0.4 is 0 Å². The van der Waals surface area contributed by atoms with Gasteiger partial charge >= 0.3 is 0 Å². The van der Waals surface area contributed by atoms with E-state index in [2.05, 4.69) is 4.98 Å². The van der Waals surface area contributed by atoms with Crippen molar-refractivity contribution in [3.8, 4) is 0 Å². The number of nitrogens with zero attached hydrogens (tertiary/aromatic N) is 1. The first-order valence-corrected chi connectivity index (χ1v) is 5.83. The van der Waals surface area contributed by atoms with Gasteiger partial charge < -0.3 is 0 Å². The largest absolute Gasteiger partial charge is 0.294 e. The Morgan fingerprint density at radius 2 is 2.17 bits per heavy atom. The van der Waals surface area contributed by atoms with Crippen molar-refractivity contribution in [2.24, 2.45) is 0 Å². The molecule has 0 fully saturated rings. The van der Waals surface area contributed by atoms with Gasteiger partial charge in [0.25, 0.3) is 0 Å². The van der Waals surface area contributed by atoms with Gasteiger partial charge in [0.1, 0.15) is 5.82 Å². The SMILES string of the molecule is Cc1cc(F)ccc1CC(=O)c1ccncc1Cl. The Morgan fingerprint density at radius 1 is 1.39 bits per heavy atom. The second-order valence-electron chi connectivity index (χ2n) is 4.03. The number of halogens is 2. The minimum atomic E-state index is -0.300. The van der Waals surface area contributed by atoms with Gasteiger partial charge in [0, 0.05) is 24.4 Å². The monoisotopic (exact) mass is 263 g/mol. The number of aryl methyl sites for hydroxylation is 1. The first kappa shape index (κ1) is 12.7. The normalized spacial score (nSPS) is 10.4. The minimum absolute atomic E-state index is 0.0999. The summed E-state index contributed by atoms with van der Waals surface area (Å²) >= 11 is 5.91. The Balaban J connectivity index is 2.24. The molecule has 0 radical (unpaired) electrons. The van der Waals surface area contributed by atoms with E-state index < -0.39 is 0 Å². The molecule has 1 aromatic carbocycles. The number of hydrogen-bond acceptors (Lipinski definition) is 2. The third-order valence-electron chi connectivity index (χ3n) is 2.73. The molecule has 2 rings (SSSR count). The molecule has 92 valence electrons. The van der Waals surface area contributed by atoms with Crippen LogP contribution in [0.15, 0.2) is 36.7 Å². The number of carbonyl (C=O) groups excluding carboxylic acids is 1. The molecule has 0 unspecified atom stereocenters. The summed E-state index contributed by atoms with van der Waals surface area (Å²) in [7, 11) is 0. The van der Waals surface area contributed by atoms with Crippen LogP contribution in [0.4, 0.5) is 4.39 Å². The van der Waals surface area contributed by atoms with Crippen LogP contribution in [0, 0.1) is 12.7 Å². The Bertz CT molecular complexity index is 598. The van der Waals surface area contributed by atoms with Gasteiger partial charge in [-0.2, -0.15) is 0 Å². The van der Waals surface area contributed by atoms with Gasteiger partial charge in [0.15, 0.2) is 5.78 Å². The number of benzene rings is 1.